The van der Waals surface area contributed by atoms with Crippen LogP contribution < -0.4 is 5.73 Å². The zero-order valence-electron chi connectivity index (χ0n) is 14.6. The molecule has 2 aliphatic rings. The van der Waals surface area contributed by atoms with Crippen molar-refractivity contribution in [2.24, 2.45) is 12.8 Å². The molecule has 0 spiro atoms. The molecule has 1 aromatic carbocycles. The molecule has 1 aromatic heterocycles. The largest absolute Gasteiger partial charge is 0.337 e. The van der Waals surface area contributed by atoms with E-state index in [2.05, 4.69) is 28.1 Å². The van der Waals surface area contributed by atoms with Gasteiger partial charge in [-0.2, -0.15) is 0 Å². The fourth-order valence-corrected chi connectivity index (χ4v) is 4.08. The molecule has 6 nitrogen and oxygen atoms in total. The molecule has 2 N–H and O–H groups in total. The predicted molar refractivity (Wildman–Crippen MR) is 95.9 cm³/mol. The normalized spacial score (nSPS) is 23.7. The molecule has 0 saturated carbocycles. The van der Waals surface area contributed by atoms with Crippen LogP contribution in [0.5, 0.6) is 0 Å². The Hall–Kier alpha value is -2.18. The highest BCUT2D eigenvalue weighted by Gasteiger charge is 2.34. The van der Waals surface area contributed by atoms with Gasteiger partial charge in [0.25, 0.3) is 0 Å². The third kappa shape index (κ3) is 3.19. The number of likely N-dealkylation sites (tertiary alicyclic amines) is 1. The van der Waals surface area contributed by atoms with Crippen LogP contribution in [0.2, 0.25) is 0 Å². The van der Waals surface area contributed by atoms with E-state index in [9.17, 15) is 4.79 Å². The number of nitrogens with two attached hydrogens (primary N) is 1. The van der Waals surface area contributed by atoms with Gasteiger partial charge in [-0.25, -0.2) is 4.98 Å². The minimum atomic E-state index is 0.0466. The fourth-order valence-electron chi connectivity index (χ4n) is 4.08. The number of fused-ring (bicyclic) bond motifs is 1. The summed E-state index contributed by atoms with van der Waals surface area (Å²) < 4.78 is 2.03. The maximum absolute atomic E-state index is 12.8. The molecule has 0 bridgehead atoms. The first-order chi connectivity index (χ1) is 12.1. The number of imidazole rings is 1. The molecule has 1 amide bonds. The second kappa shape index (κ2) is 6.61. The number of benzene rings is 1. The number of hydrogen-bond acceptors (Lipinski definition) is 4. The van der Waals surface area contributed by atoms with Crippen molar-refractivity contribution in [3.8, 4) is 0 Å². The molecule has 25 heavy (non-hydrogen) atoms. The maximum atomic E-state index is 12.8. The van der Waals surface area contributed by atoms with Gasteiger partial charge in [0.05, 0.1) is 12.9 Å². The van der Waals surface area contributed by atoms with Crippen LogP contribution in [0.4, 0.5) is 0 Å². The van der Waals surface area contributed by atoms with E-state index in [4.69, 9.17) is 5.73 Å². The summed E-state index contributed by atoms with van der Waals surface area (Å²) in [6.45, 7) is 3.55. The third-order valence-electron chi connectivity index (χ3n) is 5.52. The Bertz CT molecular complexity index is 771. The van der Waals surface area contributed by atoms with Gasteiger partial charge in [-0.15, -0.1) is 0 Å². The highest BCUT2D eigenvalue weighted by Crippen LogP contribution is 2.26. The molecule has 2 atom stereocenters. The first-order valence-corrected chi connectivity index (χ1v) is 8.90. The predicted octanol–water partition coefficient (Wildman–Crippen LogP) is 0.731. The molecule has 2 aliphatic heterocycles. The van der Waals surface area contributed by atoms with Crippen LogP contribution in [0, 0.1) is 0 Å². The van der Waals surface area contributed by atoms with E-state index in [-0.39, 0.29) is 17.9 Å². The van der Waals surface area contributed by atoms with Crippen molar-refractivity contribution in [1.29, 1.82) is 0 Å². The molecule has 4 rings (SSSR count). The van der Waals surface area contributed by atoms with Crippen molar-refractivity contribution in [1.82, 2.24) is 19.4 Å². The lowest BCUT2D eigenvalue weighted by Gasteiger charge is -2.30. The second-order valence-electron chi connectivity index (χ2n) is 7.23. The van der Waals surface area contributed by atoms with E-state index in [1.807, 2.05) is 28.8 Å². The topological polar surface area (TPSA) is 67.4 Å². The monoisotopic (exact) mass is 339 g/mol. The van der Waals surface area contributed by atoms with Gasteiger partial charge in [0, 0.05) is 57.1 Å². The molecular weight excluding hydrogens is 314 g/mol. The highest BCUT2D eigenvalue weighted by atomic mass is 16.2. The van der Waals surface area contributed by atoms with Crippen molar-refractivity contribution in [2.75, 3.05) is 26.2 Å². The molecule has 3 heterocycles. The molecule has 0 radical (unpaired) electrons. The van der Waals surface area contributed by atoms with Gasteiger partial charge in [0.1, 0.15) is 0 Å². The molecule has 6 heteroatoms. The van der Waals surface area contributed by atoms with Crippen LogP contribution in [-0.4, -0.2) is 57.5 Å². The Morgan fingerprint density at radius 2 is 2.08 bits per heavy atom. The number of aromatic nitrogens is 2. The zero-order chi connectivity index (χ0) is 17.4. The Balaban J connectivity index is 1.38. The number of aryl methyl sites for hydroxylation is 1. The van der Waals surface area contributed by atoms with Crippen LogP contribution >= 0.6 is 0 Å². The van der Waals surface area contributed by atoms with Gasteiger partial charge >= 0.3 is 0 Å². The molecular formula is C19H25N5O. The summed E-state index contributed by atoms with van der Waals surface area (Å²) in [6.07, 6.45) is 4.64. The number of rotatable bonds is 3. The van der Waals surface area contributed by atoms with Gasteiger partial charge in [-0.3, -0.25) is 9.69 Å². The number of carbonyl (C=O) groups is 1. The quantitative estimate of drug-likeness (QED) is 0.895. The lowest BCUT2D eigenvalue weighted by atomic mass is 10.00. The van der Waals surface area contributed by atoms with E-state index >= 15 is 0 Å². The second-order valence-corrected chi connectivity index (χ2v) is 7.23. The summed E-state index contributed by atoms with van der Waals surface area (Å²) in [7, 11) is 1.99. The summed E-state index contributed by atoms with van der Waals surface area (Å²) in [4.78, 5) is 21.1. The minimum absolute atomic E-state index is 0.0466. The zero-order valence-corrected chi connectivity index (χ0v) is 14.6. The number of carbonyl (C=O) groups excluding carboxylic acids is 1. The lowest BCUT2D eigenvalue weighted by molar-refractivity contribution is -0.133. The summed E-state index contributed by atoms with van der Waals surface area (Å²) >= 11 is 0. The molecule has 2 aromatic rings. The van der Waals surface area contributed by atoms with Gasteiger partial charge in [0.15, 0.2) is 0 Å². The van der Waals surface area contributed by atoms with Crippen LogP contribution in [0.3, 0.4) is 0 Å². The van der Waals surface area contributed by atoms with Gasteiger partial charge in [-0.05, 0) is 17.5 Å². The standard InChI is InChI=1S/C19H25N5O/c1-22-13-21-8-18(22)16-10-23(11-17(16)20)12-19(25)24-7-6-14-4-2-3-5-15(14)9-24/h2-5,8,13,16-17H,6-7,9-12,20H2,1H3/t16-,17-/m1/s1. The first-order valence-electron chi connectivity index (χ1n) is 8.90. The van der Waals surface area contributed by atoms with Crippen molar-refractivity contribution >= 4 is 5.91 Å². The molecule has 0 unspecified atom stereocenters. The number of hydrogen-bond donors (Lipinski definition) is 1. The number of amides is 1. The fraction of sp³-hybridized carbons (Fsp3) is 0.474. The van der Waals surface area contributed by atoms with E-state index < -0.39 is 0 Å². The average molecular weight is 339 g/mol. The van der Waals surface area contributed by atoms with Crippen LogP contribution in [-0.2, 0) is 24.8 Å². The van der Waals surface area contributed by atoms with Gasteiger partial charge in [0.2, 0.25) is 5.91 Å². The summed E-state index contributed by atoms with van der Waals surface area (Å²) in [5.74, 6) is 0.440. The third-order valence-corrected chi connectivity index (χ3v) is 5.52. The molecule has 132 valence electrons. The van der Waals surface area contributed by atoms with Gasteiger partial charge < -0.3 is 15.2 Å². The van der Waals surface area contributed by atoms with Crippen molar-refractivity contribution in [3.05, 3.63) is 53.6 Å². The Kier molecular flexibility index (Phi) is 4.31. The van der Waals surface area contributed by atoms with Crippen LogP contribution in [0.25, 0.3) is 0 Å². The van der Waals surface area contributed by atoms with Gasteiger partial charge in [-0.1, -0.05) is 24.3 Å². The summed E-state index contributed by atoms with van der Waals surface area (Å²) in [5.41, 5.74) is 10.1. The first kappa shape index (κ1) is 16.3. The molecule has 1 fully saturated rings. The van der Waals surface area contributed by atoms with Crippen molar-refractivity contribution in [2.45, 2.75) is 24.9 Å². The smallest absolute Gasteiger partial charge is 0.237 e. The SMILES string of the molecule is Cn1cncc1[C@@H]1CN(CC(=O)N2CCc3ccccc3C2)C[C@H]1N. The minimum Gasteiger partial charge on any atom is -0.337 e. The highest BCUT2D eigenvalue weighted by molar-refractivity contribution is 5.78. The average Bonchev–Trinajstić information content (AvgIpc) is 3.19. The van der Waals surface area contributed by atoms with Crippen molar-refractivity contribution < 1.29 is 4.79 Å². The van der Waals surface area contributed by atoms with Crippen LogP contribution in [0.15, 0.2) is 36.8 Å². The van der Waals surface area contributed by atoms with E-state index in [1.54, 1.807) is 6.33 Å². The number of nitrogens with zero attached hydrogens (tertiary/aromatic N) is 4. The Morgan fingerprint density at radius 3 is 2.84 bits per heavy atom. The van der Waals surface area contributed by atoms with E-state index in [1.165, 1.54) is 11.1 Å². The van der Waals surface area contributed by atoms with Crippen LogP contribution in [0.1, 0.15) is 22.7 Å². The molecule has 1 saturated heterocycles. The van der Waals surface area contributed by atoms with Crippen molar-refractivity contribution in [3.63, 3.8) is 0 Å². The molecule has 0 aliphatic carbocycles. The lowest BCUT2D eigenvalue weighted by Crippen LogP contribution is -2.42. The van der Waals surface area contributed by atoms with E-state index in [0.717, 1.165) is 38.3 Å². The Morgan fingerprint density at radius 1 is 1.28 bits per heavy atom. The van der Waals surface area contributed by atoms with E-state index in [0.29, 0.717) is 6.54 Å². The summed E-state index contributed by atoms with van der Waals surface area (Å²) in [5, 5.41) is 0. The Labute approximate surface area is 148 Å². The summed E-state index contributed by atoms with van der Waals surface area (Å²) in [6, 6.07) is 8.45. The maximum Gasteiger partial charge on any atom is 0.237 e.